The molecule has 1 saturated carbocycles. The number of aliphatic hydroxyl groups is 2. The van der Waals surface area contributed by atoms with Gasteiger partial charge in [-0.15, -0.1) is 0 Å². The highest BCUT2D eigenvalue weighted by Gasteiger charge is 2.44. The van der Waals surface area contributed by atoms with Crippen molar-refractivity contribution < 1.29 is 14.9 Å². The molecule has 0 amide bonds. The Morgan fingerprint density at radius 2 is 2.06 bits per heavy atom. The SMILES string of the molecule is Cc1ncnc2c1ccn2[C@@H]1C[C@H](Oc2cc(-c3cc[nH]n3)cc3c2CNCC3)[C@@H](O)[C@H]1O. The van der Waals surface area contributed by atoms with Crippen LogP contribution in [0.15, 0.2) is 43.0 Å². The third-order valence-electron chi connectivity index (χ3n) is 6.91. The molecule has 1 fully saturated rings. The van der Waals surface area contributed by atoms with E-state index in [1.54, 1.807) is 6.20 Å². The maximum atomic E-state index is 10.9. The van der Waals surface area contributed by atoms with Crippen LogP contribution in [0, 0.1) is 6.92 Å². The summed E-state index contributed by atoms with van der Waals surface area (Å²) < 4.78 is 8.35. The van der Waals surface area contributed by atoms with E-state index in [0.29, 0.717) is 13.0 Å². The van der Waals surface area contributed by atoms with Gasteiger partial charge in [0.15, 0.2) is 0 Å². The number of H-pyrrole nitrogens is 1. The van der Waals surface area contributed by atoms with Gasteiger partial charge in [0.25, 0.3) is 0 Å². The zero-order valence-electron chi connectivity index (χ0n) is 18.3. The van der Waals surface area contributed by atoms with E-state index < -0.39 is 18.3 Å². The molecule has 0 saturated heterocycles. The predicted molar refractivity (Wildman–Crippen MR) is 122 cm³/mol. The Bertz CT molecular complexity index is 1300. The lowest BCUT2D eigenvalue weighted by atomic mass is 9.96. The number of aromatic nitrogens is 5. The van der Waals surface area contributed by atoms with Gasteiger partial charge in [-0.05, 0) is 49.7 Å². The van der Waals surface area contributed by atoms with Crippen LogP contribution in [0.1, 0.15) is 29.3 Å². The number of nitrogens with zero attached hydrogens (tertiary/aromatic N) is 4. The maximum absolute atomic E-state index is 10.9. The largest absolute Gasteiger partial charge is 0.487 e. The van der Waals surface area contributed by atoms with Crippen molar-refractivity contribution in [2.45, 2.75) is 50.7 Å². The molecule has 2 aliphatic rings. The second-order valence-corrected chi connectivity index (χ2v) is 8.86. The standard InChI is InChI=1S/C24H26N6O3/c1-13-16-4-7-30(24(16)27-12-26-13)19-10-21(23(32)22(19)31)33-20-9-15(18-3-6-28-29-18)8-14-2-5-25-11-17(14)20/h3-4,6-9,12,19,21-23,25,31-32H,2,5,10-11H2,1H3,(H,28,29)/t19-,21+,22+,23-/m1/s1. The van der Waals surface area contributed by atoms with Crippen molar-refractivity contribution >= 4 is 11.0 Å². The highest BCUT2D eigenvalue weighted by atomic mass is 16.5. The summed E-state index contributed by atoms with van der Waals surface area (Å²) in [5, 5.41) is 33.4. The second-order valence-electron chi connectivity index (χ2n) is 8.86. The quantitative estimate of drug-likeness (QED) is 0.378. The van der Waals surface area contributed by atoms with Crippen LogP contribution < -0.4 is 10.1 Å². The first-order chi connectivity index (χ1) is 16.1. The zero-order chi connectivity index (χ0) is 22.5. The van der Waals surface area contributed by atoms with Gasteiger partial charge in [-0.25, -0.2) is 9.97 Å². The number of hydrogen-bond donors (Lipinski definition) is 4. The van der Waals surface area contributed by atoms with Gasteiger partial charge in [-0.3, -0.25) is 5.10 Å². The fraction of sp³-hybridized carbons (Fsp3) is 0.375. The Balaban J connectivity index is 1.33. The Labute approximate surface area is 190 Å². The first-order valence-corrected chi connectivity index (χ1v) is 11.3. The molecule has 0 bridgehead atoms. The van der Waals surface area contributed by atoms with Gasteiger partial charge in [0.1, 0.15) is 36.0 Å². The number of rotatable bonds is 4. The molecule has 0 spiro atoms. The number of ether oxygens (including phenoxy) is 1. The first kappa shape index (κ1) is 20.3. The average molecular weight is 447 g/mol. The number of benzene rings is 1. The Morgan fingerprint density at radius 3 is 2.91 bits per heavy atom. The molecule has 6 rings (SSSR count). The molecule has 4 heterocycles. The van der Waals surface area contributed by atoms with E-state index in [0.717, 1.165) is 52.3 Å². The summed E-state index contributed by atoms with van der Waals surface area (Å²) in [5.41, 5.74) is 5.77. The van der Waals surface area contributed by atoms with Crippen molar-refractivity contribution in [3.63, 3.8) is 0 Å². The molecule has 0 radical (unpaired) electrons. The molecule has 4 N–H and O–H groups in total. The van der Waals surface area contributed by atoms with E-state index >= 15 is 0 Å². The van der Waals surface area contributed by atoms with Gasteiger partial charge in [0.2, 0.25) is 0 Å². The summed E-state index contributed by atoms with van der Waals surface area (Å²) in [6, 6.07) is 7.68. The molecule has 0 unspecified atom stereocenters. The summed E-state index contributed by atoms with van der Waals surface area (Å²) in [5.74, 6) is 0.727. The first-order valence-electron chi connectivity index (χ1n) is 11.3. The van der Waals surface area contributed by atoms with Gasteiger partial charge < -0.3 is 24.8 Å². The van der Waals surface area contributed by atoms with Gasteiger partial charge in [-0.1, -0.05) is 0 Å². The average Bonchev–Trinajstić information content (AvgIpc) is 3.56. The van der Waals surface area contributed by atoms with E-state index in [1.165, 1.54) is 11.9 Å². The Morgan fingerprint density at radius 1 is 1.15 bits per heavy atom. The highest BCUT2D eigenvalue weighted by Crippen LogP contribution is 2.38. The van der Waals surface area contributed by atoms with E-state index in [4.69, 9.17) is 4.74 Å². The molecule has 4 aromatic rings. The smallest absolute Gasteiger partial charge is 0.143 e. The zero-order valence-corrected chi connectivity index (χ0v) is 18.3. The van der Waals surface area contributed by atoms with Crippen LogP contribution in [0.2, 0.25) is 0 Å². The maximum Gasteiger partial charge on any atom is 0.143 e. The number of nitrogens with one attached hydrogen (secondary N) is 2. The van der Waals surface area contributed by atoms with Crippen LogP contribution in [-0.4, -0.2) is 59.8 Å². The lowest BCUT2D eigenvalue weighted by molar-refractivity contribution is -0.0166. The van der Waals surface area contributed by atoms with Gasteiger partial charge >= 0.3 is 0 Å². The van der Waals surface area contributed by atoms with E-state index in [1.807, 2.05) is 35.9 Å². The normalized spacial score (nSPS) is 24.8. The van der Waals surface area contributed by atoms with Crippen molar-refractivity contribution in [1.29, 1.82) is 0 Å². The summed E-state index contributed by atoms with van der Waals surface area (Å²) in [6.45, 7) is 3.55. The Hall–Kier alpha value is -3.27. The van der Waals surface area contributed by atoms with Crippen molar-refractivity contribution in [3.8, 4) is 17.0 Å². The van der Waals surface area contributed by atoms with E-state index in [2.05, 4.69) is 31.5 Å². The van der Waals surface area contributed by atoms with Crippen molar-refractivity contribution in [3.05, 3.63) is 59.8 Å². The van der Waals surface area contributed by atoms with Gasteiger partial charge in [0, 0.05) is 41.9 Å². The molecule has 9 heteroatoms. The minimum Gasteiger partial charge on any atom is -0.487 e. The minimum absolute atomic E-state index is 0.347. The fourth-order valence-electron chi connectivity index (χ4n) is 5.13. The second kappa shape index (κ2) is 7.95. The number of aromatic amines is 1. The van der Waals surface area contributed by atoms with Crippen LogP contribution in [0.3, 0.4) is 0 Å². The van der Waals surface area contributed by atoms with Crippen molar-refractivity contribution in [1.82, 2.24) is 30.0 Å². The molecule has 170 valence electrons. The lowest BCUT2D eigenvalue weighted by Gasteiger charge is -2.25. The van der Waals surface area contributed by atoms with Crippen molar-refractivity contribution in [2.24, 2.45) is 0 Å². The summed E-state index contributed by atoms with van der Waals surface area (Å²) >= 11 is 0. The molecular weight excluding hydrogens is 420 g/mol. The third kappa shape index (κ3) is 3.40. The highest BCUT2D eigenvalue weighted by molar-refractivity contribution is 5.78. The number of fused-ring (bicyclic) bond motifs is 2. The molecule has 3 aromatic heterocycles. The van der Waals surface area contributed by atoms with Crippen LogP contribution in [0.25, 0.3) is 22.3 Å². The minimum atomic E-state index is -1.02. The summed E-state index contributed by atoms with van der Waals surface area (Å²) in [6.07, 6.45) is 4.05. The van der Waals surface area contributed by atoms with Crippen LogP contribution in [0.4, 0.5) is 0 Å². The lowest BCUT2D eigenvalue weighted by Crippen LogP contribution is -2.34. The van der Waals surface area contributed by atoms with Crippen LogP contribution in [-0.2, 0) is 13.0 Å². The monoisotopic (exact) mass is 446 g/mol. The molecule has 33 heavy (non-hydrogen) atoms. The molecule has 1 aromatic carbocycles. The third-order valence-corrected chi connectivity index (χ3v) is 6.91. The van der Waals surface area contributed by atoms with Gasteiger partial charge in [-0.2, -0.15) is 5.10 Å². The predicted octanol–water partition coefficient (Wildman–Crippen LogP) is 1.89. The number of hydrogen-bond acceptors (Lipinski definition) is 7. The molecular formula is C24H26N6O3. The summed E-state index contributed by atoms with van der Waals surface area (Å²) in [4.78, 5) is 8.66. The van der Waals surface area contributed by atoms with E-state index in [9.17, 15) is 10.2 Å². The molecule has 1 aliphatic heterocycles. The van der Waals surface area contributed by atoms with E-state index in [-0.39, 0.29) is 6.04 Å². The summed E-state index contributed by atoms with van der Waals surface area (Å²) in [7, 11) is 0. The number of aryl methyl sites for hydroxylation is 1. The van der Waals surface area contributed by atoms with Crippen molar-refractivity contribution in [2.75, 3.05) is 6.54 Å². The number of aliphatic hydroxyl groups excluding tert-OH is 2. The topological polar surface area (TPSA) is 121 Å². The fourth-order valence-corrected chi connectivity index (χ4v) is 5.13. The van der Waals surface area contributed by atoms with Gasteiger partial charge in [0.05, 0.1) is 17.4 Å². The molecule has 4 atom stereocenters. The van der Waals surface area contributed by atoms with Crippen LogP contribution >= 0.6 is 0 Å². The molecule has 1 aliphatic carbocycles. The molecule has 9 nitrogen and oxygen atoms in total. The van der Waals surface area contributed by atoms with Crippen LogP contribution in [0.5, 0.6) is 5.75 Å². The Kier molecular flexibility index (Phi) is 4.90.